The number of carbonyl (C=O) groups excluding carboxylic acids is 1. The molecule has 122 valence electrons. The van der Waals surface area contributed by atoms with Gasteiger partial charge < -0.3 is 9.47 Å². The summed E-state index contributed by atoms with van der Waals surface area (Å²) in [6.45, 7) is 3.85. The zero-order chi connectivity index (χ0) is 17.2. The van der Waals surface area contributed by atoms with E-state index in [1.165, 1.54) is 0 Å². The molecule has 0 bridgehead atoms. The van der Waals surface area contributed by atoms with Crippen LogP contribution in [0, 0.1) is 13.8 Å². The standard InChI is InChI=1S/C19H17NO4/c1-9-10(2)17-14(8-15(9)24-4)19(22)13-7-12(23-3)5-11-6-16(21)20(17)18(11)13/h5,7-8H,6H2,1-4H3. The van der Waals surface area contributed by atoms with Crippen LogP contribution < -0.4 is 14.9 Å². The number of nitrogens with zero attached hydrogens (tertiary/aromatic N) is 1. The maximum absolute atomic E-state index is 13.1. The van der Waals surface area contributed by atoms with E-state index in [-0.39, 0.29) is 17.8 Å². The van der Waals surface area contributed by atoms with E-state index in [9.17, 15) is 9.59 Å². The maximum Gasteiger partial charge on any atom is 0.236 e. The van der Waals surface area contributed by atoms with E-state index in [2.05, 4.69) is 0 Å². The molecule has 0 unspecified atom stereocenters. The Hall–Kier alpha value is -2.82. The van der Waals surface area contributed by atoms with E-state index in [4.69, 9.17) is 9.47 Å². The quantitative estimate of drug-likeness (QED) is 0.680. The average molecular weight is 323 g/mol. The minimum absolute atomic E-state index is 0.0269. The van der Waals surface area contributed by atoms with Crippen molar-refractivity contribution >= 4 is 27.7 Å². The highest BCUT2D eigenvalue weighted by molar-refractivity contribution is 6.10. The Bertz CT molecular complexity index is 1110. The third-order valence-corrected chi connectivity index (χ3v) is 4.96. The van der Waals surface area contributed by atoms with Crippen molar-refractivity contribution in [1.82, 2.24) is 4.57 Å². The summed E-state index contributed by atoms with van der Waals surface area (Å²) in [6, 6.07) is 5.27. The summed E-state index contributed by atoms with van der Waals surface area (Å²) in [5.74, 6) is 1.21. The Morgan fingerprint density at radius 2 is 1.62 bits per heavy atom. The zero-order valence-electron chi connectivity index (χ0n) is 14.0. The van der Waals surface area contributed by atoms with Crippen LogP contribution in [0.15, 0.2) is 23.0 Å². The van der Waals surface area contributed by atoms with Gasteiger partial charge in [0.15, 0.2) is 5.43 Å². The smallest absolute Gasteiger partial charge is 0.236 e. The highest BCUT2D eigenvalue weighted by Crippen LogP contribution is 2.35. The van der Waals surface area contributed by atoms with Crippen LogP contribution in [0.5, 0.6) is 11.5 Å². The number of hydrogen-bond donors (Lipinski definition) is 0. The van der Waals surface area contributed by atoms with Crippen molar-refractivity contribution in [1.29, 1.82) is 0 Å². The van der Waals surface area contributed by atoms with Gasteiger partial charge in [0.05, 0.1) is 42.4 Å². The van der Waals surface area contributed by atoms with Gasteiger partial charge in [-0.15, -0.1) is 0 Å². The Kier molecular flexibility index (Phi) is 2.97. The molecule has 5 heteroatoms. The van der Waals surface area contributed by atoms with Gasteiger partial charge in [-0.25, -0.2) is 0 Å². The highest BCUT2D eigenvalue weighted by atomic mass is 16.5. The second-order valence-electron chi connectivity index (χ2n) is 6.14. The molecule has 0 aliphatic carbocycles. The molecular weight excluding hydrogens is 306 g/mol. The molecular formula is C19H17NO4. The van der Waals surface area contributed by atoms with Crippen LogP contribution in [0.3, 0.4) is 0 Å². The summed E-state index contributed by atoms with van der Waals surface area (Å²) >= 11 is 0. The molecule has 3 aromatic rings. The van der Waals surface area contributed by atoms with Crippen molar-refractivity contribution in [3.05, 3.63) is 45.1 Å². The van der Waals surface area contributed by atoms with Gasteiger partial charge >= 0.3 is 0 Å². The Labute approximate surface area is 138 Å². The number of aryl methyl sites for hydroxylation is 1. The van der Waals surface area contributed by atoms with Crippen molar-refractivity contribution in [3.8, 4) is 11.5 Å². The van der Waals surface area contributed by atoms with Crippen LogP contribution >= 0.6 is 0 Å². The first-order valence-electron chi connectivity index (χ1n) is 7.74. The van der Waals surface area contributed by atoms with E-state index in [1.807, 2.05) is 19.9 Å². The summed E-state index contributed by atoms with van der Waals surface area (Å²) in [7, 11) is 3.14. The third-order valence-electron chi connectivity index (χ3n) is 4.96. The first-order chi connectivity index (χ1) is 11.5. The molecule has 0 fully saturated rings. The largest absolute Gasteiger partial charge is 0.497 e. The molecule has 0 N–H and O–H groups in total. The molecule has 4 rings (SSSR count). The molecule has 5 nitrogen and oxygen atoms in total. The van der Waals surface area contributed by atoms with Gasteiger partial charge in [0.1, 0.15) is 11.5 Å². The van der Waals surface area contributed by atoms with Crippen LogP contribution in [-0.4, -0.2) is 24.7 Å². The normalized spacial score (nSPS) is 13.1. The number of hydrogen-bond acceptors (Lipinski definition) is 4. The summed E-state index contributed by atoms with van der Waals surface area (Å²) in [6.07, 6.45) is 0.275. The van der Waals surface area contributed by atoms with Crippen LogP contribution in [0.25, 0.3) is 21.8 Å². The molecule has 0 saturated heterocycles. The highest BCUT2D eigenvalue weighted by Gasteiger charge is 2.27. The summed E-state index contributed by atoms with van der Waals surface area (Å²) in [5, 5.41) is 1.00. The molecule has 1 aliphatic rings. The molecule has 2 aromatic carbocycles. The first-order valence-corrected chi connectivity index (χ1v) is 7.74. The number of rotatable bonds is 2. The number of methoxy groups -OCH3 is 2. The van der Waals surface area contributed by atoms with E-state index in [0.29, 0.717) is 33.3 Å². The SMILES string of the molecule is COc1cc2c3c(c1)c(=O)c1cc(OC)c(C)c(C)c1n3C(=O)C2. The topological polar surface area (TPSA) is 57.5 Å². The van der Waals surface area contributed by atoms with Gasteiger partial charge in [0.2, 0.25) is 5.91 Å². The molecule has 0 saturated carbocycles. The van der Waals surface area contributed by atoms with Gasteiger partial charge in [-0.05, 0) is 48.7 Å². The fourth-order valence-corrected chi connectivity index (χ4v) is 3.65. The van der Waals surface area contributed by atoms with Gasteiger partial charge in [-0.2, -0.15) is 0 Å². The molecule has 0 amide bonds. The number of carbonyl (C=O) groups is 1. The molecule has 0 atom stereocenters. The Morgan fingerprint density at radius 1 is 0.917 bits per heavy atom. The van der Waals surface area contributed by atoms with Crippen molar-refractivity contribution in [3.63, 3.8) is 0 Å². The second-order valence-corrected chi connectivity index (χ2v) is 6.14. The Balaban J connectivity index is 2.33. The lowest BCUT2D eigenvalue weighted by Gasteiger charge is -2.16. The fraction of sp³-hybridized carbons (Fsp3) is 0.263. The number of aromatic nitrogens is 1. The lowest BCUT2D eigenvalue weighted by atomic mass is 10.0. The molecule has 1 aliphatic heterocycles. The van der Waals surface area contributed by atoms with Crippen LogP contribution in [0.2, 0.25) is 0 Å². The zero-order valence-corrected chi connectivity index (χ0v) is 14.0. The molecule has 24 heavy (non-hydrogen) atoms. The van der Waals surface area contributed by atoms with Crippen molar-refractivity contribution < 1.29 is 14.3 Å². The monoisotopic (exact) mass is 323 g/mol. The number of fused-ring (bicyclic) bond motifs is 2. The van der Waals surface area contributed by atoms with E-state index >= 15 is 0 Å². The predicted molar refractivity (Wildman–Crippen MR) is 92.6 cm³/mol. The summed E-state index contributed by atoms with van der Waals surface area (Å²) < 4.78 is 12.4. The van der Waals surface area contributed by atoms with Crippen molar-refractivity contribution in [2.24, 2.45) is 0 Å². The van der Waals surface area contributed by atoms with Gasteiger partial charge in [-0.1, -0.05) is 0 Å². The number of pyridine rings is 1. The van der Waals surface area contributed by atoms with Gasteiger partial charge in [0.25, 0.3) is 0 Å². The summed E-state index contributed by atoms with van der Waals surface area (Å²) in [5.41, 5.74) is 3.93. The van der Waals surface area contributed by atoms with E-state index in [1.54, 1.807) is 30.9 Å². The molecule has 0 radical (unpaired) electrons. The molecule has 1 aromatic heterocycles. The second kappa shape index (κ2) is 4.84. The van der Waals surface area contributed by atoms with Gasteiger partial charge in [-0.3, -0.25) is 14.2 Å². The van der Waals surface area contributed by atoms with Gasteiger partial charge in [0, 0.05) is 0 Å². The van der Waals surface area contributed by atoms with Crippen LogP contribution in [0.1, 0.15) is 21.5 Å². The molecule has 2 heterocycles. The van der Waals surface area contributed by atoms with Crippen molar-refractivity contribution in [2.45, 2.75) is 20.3 Å². The minimum Gasteiger partial charge on any atom is -0.497 e. The Morgan fingerprint density at radius 3 is 2.29 bits per heavy atom. The van der Waals surface area contributed by atoms with E-state index < -0.39 is 0 Å². The first kappa shape index (κ1) is 14.8. The lowest BCUT2D eigenvalue weighted by Crippen LogP contribution is -2.15. The fourth-order valence-electron chi connectivity index (χ4n) is 3.65. The minimum atomic E-state index is -0.104. The van der Waals surface area contributed by atoms with Crippen LogP contribution in [-0.2, 0) is 6.42 Å². The molecule has 0 spiro atoms. The average Bonchev–Trinajstić information content (AvgIpc) is 2.90. The lowest BCUT2D eigenvalue weighted by molar-refractivity contribution is 0.0933. The van der Waals surface area contributed by atoms with Crippen molar-refractivity contribution in [2.75, 3.05) is 14.2 Å². The summed E-state index contributed by atoms with van der Waals surface area (Å²) in [4.78, 5) is 25.8. The predicted octanol–water partition coefficient (Wildman–Crippen LogP) is 2.99. The third kappa shape index (κ3) is 1.69. The van der Waals surface area contributed by atoms with E-state index in [0.717, 1.165) is 16.7 Å². The van der Waals surface area contributed by atoms with Crippen LogP contribution in [0.4, 0.5) is 0 Å². The number of ether oxygens (including phenoxy) is 2. The number of benzene rings is 2. The maximum atomic E-state index is 13.1.